The van der Waals surface area contributed by atoms with Gasteiger partial charge >= 0.3 is 6.18 Å². The van der Waals surface area contributed by atoms with Gasteiger partial charge in [0, 0.05) is 26.2 Å². The summed E-state index contributed by atoms with van der Waals surface area (Å²) < 4.78 is 40.6. The lowest BCUT2D eigenvalue weighted by atomic mass is 10.0. The molecule has 1 amide bonds. The van der Waals surface area contributed by atoms with Gasteiger partial charge in [-0.2, -0.15) is 28.6 Å². The van der Waals surface area contributed by atoms with Crippen molar-refractivity contribution < 1.29 is 18.0 Å². The molecule has 1 aromatic heterocycles. The van der Waals surface area contributed by atoms with Gasteiger partial charge in [0.05, 0.1) is 6.20 Å². The van der Waals surface area contributed by atoms with Gasteiger partial charge in [0.25, 0.3) is 5.91 Å². The van der Waals surface area contributed by atoms with E-state index in [-0.39, 0.29) is 43.3 Å². The van der Waals surface area contributed by atoms with Crippen LogP contribution in [0, 0.1) is 0 Å². The lowest BCUT2D eigenvalue weighted by molar-refractivity contribution is -0.189. The molecule has 24 heavy (non-hydrogen) atoms. The largest absolute Gasteiger partial charge is 0.408 e. The Morgan fingerprint density at radius 1 is 1.12 bits per heavy atom. The highest BCUT2D eigenvalue weighted by molar-refractivity contribution is 5.91. The van der Waals surface area contributed by atoms with Crippen LogP contribution >= 0.6 is 0 Å². The Labute approximate surface area is 136 Å². The van der Waals surface area contributed by atoms with E-state index in [0.29, 0.717) is 0 Å². The number of hydrogen-bond acceptors (Lipinski definition) is 4. The predicted molar refractivity (Wildman–Crippen MR) is 79.1 cm³/mol. The van der Waals surface area contributed by atoms with Crippen molar-refractivity contribution in [2.24, 2.45) is 0 Å². The molecule has 0 saturated carbocycles. The summed E-state index contributed by atoms with van der Waals surface area (Å²) in [6, 6.07) is 6.17. The minimum absolute atomic E-state index is 0.142. The van der Waals surface area contributed by atoms with Gasteiger partial charge in [-0.1, -0.05) is 30.3 Å². The topological polar surface area (TPSA) is 65.1 Å². The number of amides is 1. The molecule has 1 unspecified atom stereocenters. The summed E-state index contributed by atoms with van der Waals surface area (Å²) in [5.74, 6) is -0.327. The van der Waals surface area contributed by atoms with Crippen molar-refractivity contribution in [1.29, 1.82) is 0 Å². The first-order valence-electron chi connectivity index (χ1n) is 7.47. The molecule has 128 valence electrons. The van der Waals surface area contributed by atoms with Crippen LogP contribution in [0.15, 0.2) is 36.5 Å². The van der Waals surface area contributed by atoms with E-state index in [2.05, 4.69) is 15.4 Å². The Bertz CT molecular complexity index is 666. The lowest BCUT2D eigenvalue weighted by Gasteiger charge is -2.39. The number of aromatic nitrogens is 3. The van der Waals surface area contributed by atoms with E-state index in [1.165, 1.54) is 28.1 Å². The monoisotopic (exact) mass is 339 g/mol. The third kappa shape index (κ3) is 3.40. The maximum atomic E-state index is 13.5. The molecule has 0 spiro atoms. The number of H-pyrrole nitrogens is 1. The summed E-state index contributed by atoms with van der Waals surface area (Å²) in [6.45, 7) is 0.710. The maximum absolute atomic E-state index is 13.5. The fraction of sp³-hybridized carbons (Fsp3) is 0.400. The molecule has 1 aromatic carbocycles. The van der Waals surface area contributed by atoms with Crippen molar-refractivity contribution in [3.8, 4) is 0 Å². The molecular weight excluding hydrogens is 323 g/mol. The zero-order chi connectivity index (χ0) is 17.2. The molecule has 0 radical (unpaired) electrons. The molecule has 1 fully saturated rings. The summed E-state index contributed by atoms with van der Waals surface area (Å²) in [5, 5.41) is 9.63. The number of alkyl halides is 3. The second-order valence-corrected chi connectivity index (χ2v) is 5.54. The predicted octanol–water partition coefficient (Wildman–Crippen LogP) is 1.87. The van der Waals surface area contributed by atoms with Crippen LogP contribution < -0.4 is 0 Å². The first-order chi connectivity index (χ1) is 11.5. The van der Waals surface area contributed by atoms with Crippen molar-refractivity contribution in [2.45, 2.75) is 12.2 Å². The molecule has 3 rings (SSSR count). The van der Waals surface area contributed by atoms with E-state index in [9.17, 15) is 18.0 Å². The van der Waals surface area contributed by atoms with Crippen molar-refractivity contribution in [2.75, 3.05) is 26.2 Å². The number of rotatable bonds is 3. The summed E-state index contributed by atoms with van der Waals surface area (Å²) in [5.41, 5.74) is 0.375. The average molecular weight is 339 g/mol. The van der Waals surface area contributed by atoms with E-state index in [1.54, 1.807) is 18.2 Å². The quantitative estimate of drug-likeness (QED) is 0.927. The van der Waals surface area contributed by atoms with Crippen LogP contribution in [0.1, 0.15) is 22.1 Å². The first kappa shape index (κ1) is 16.4. The molecular formula is C15H16F3N5O. The maximum Gasteiger partial charge on any atom is 0.408 e. The van der Waals surface area contributed by atoms with Gasteiger partial charge < -0.3 is 4.90 Å². The number of halogens is 3. The van der Waals surface area contributed by atoms with E-state index in [1.807, 2.05) is 0 Å². The third-order valence-electron chi connectivity index (χ3n) is 4.03. The van der Waals surface area contributed by atoms with Crippen LogP contribution in [-0.4, -0.2) is 63.5 Å². The highest BCUT2D eigenvalue weighted by Crippen LogP contribution is 2.38. The van der Waals surface area contributed by atoms with E-state index < -0.39 is 12.2 Å². The van der Waals surface area contributed by atoms with Crippen LogP contribution in [0.3, 0.4) is 0 Å². The van der Waals surface area contributed by atoms with Gasteiger partial charge in [0.15, 0.2) is 5.69 Å². The molecule has 1 atom stereocenters. The molecule has 0 bridgehead atoms. The third-order valence-corrected chi connectivity index (χ3v) is 4.03. The fourth-order valence-electron chi connectivity index (χ4n) is 2.89. The Morgan fingerprint density at radius 3 is 2.33 bits per heavy atom. The zero-order valence-electron chi connectivity index (χ0n) is 12.7. The molecule has 1 aliphatic heterocycles. The Hall–Kier alpha value is -2.42. The van der Waals surface area contributed by atoms with E-state index in [4.69, 9.17) is 0 Å². The SMILES string of the molecule is O=C(c1cn[nH]n1)N1CCN(C(c2ccccc2)C(F)(F)F)CC1. The Balaban J connectivity index is 1.71. The van der Waals surface area contributed by atoms with E-state index >= 15 is 0 Å². The zero-order valence-corrected chi connectivity index (χ0v) is 12.7. The number of carbonyl (C=O) groups excluding carboxylic acids is 1. The highest BCUT2D eigenvalue weighted by atomic mass is 19.4. The van der Waals surface area contributed by atoms with Crippen molar-refractivity contribution >= 4 is 5.91 Å². The molecule has 9 heteroatoms. The Morgan fingerprint density at radius 2 is 1.79 bits per heavy atom. The number of nitrogens with one attached hydrogen (secondary N) is 1. The molecule has 0 aliphatic carbocycles. The van der Waals surface area contributed by atoms with Crippen molar-refractivity contribution in [3.63, 3.8) is 0 Å². The van der Waals surface area contributed by atoms with Gasteiger partial charge in [0.2, 0.25) is 0 Å². The second-order valence-electron chi connectivity index (χ2n) is 5.54. The van der Waals surface area contributed by atoms with Crippen molar-refractivity contribution in [1.82, 2.24) is 25.2 Å². The summed E-state index contributed by atoms with van der Waals surface area (Å²) in [6.07, 6.45) is -3.07. The van der Waals surface area contributed by atoms with Crippen LogP contribution in [0.2, 0.25) is 0 Å². The number of carbonyl (C=O) groups is 1. The lowest BCUT2D eigenvalue weighted by Crippen LogP contribution is -2.52. The fourth-order valence-corrected chi connectivity index (χ4v) is 2.89. The van der Waals surface area contributed by atoms with E-state index in [0.717, 1.165) is 0 Å². The number of benzene rings is 1. The van der Waals surface area contributed by atoms with Gasteiger partial charge in [-0.3, -0.25) is 9.69 Å². The molecule has 2 heterocycles. The first-order valence-corrected chi connectivity index (χ1v) is 7.47. The highest BCUT2D eigenvalue weighted by Gasteiger charge is 2.45. The molecule has 6 nitrogen and oxygen atoms in total. The molecule has 1 aliphatic rings. The number of aromatic amines is 1. The summed E-state index contributed by atoms with van der Waals surface area (Å²) in [4.78, 5) is 15.0. The number of piperazine rings is 1. The minimum atomic E-state index is -4.38. The summed E-state index contributed by atoms with van der Waals surface area (Å²) >= 11 is 0. The van der Waals surface area contributed by atoms with Gasteiger partial charge in [-0.15, -0.1) is 0 Å². The Kier molecular flexibility index (Phi) is 4.52. The second kappa shape index (κ2) is 6.60. The molecule has 2 aromatic rings. The van der Waals surface area contributed by atoms with Crippen molar-refractivity contribution in [3.05, 3.63) is 47.8 Å². The molecule has 1 N–H and O–H groups in total. The minimum Gasteiger partial charge on any atom is -0.335 e. The van der Waals surface area contributed by atoms with Crippen LogP contribution in [0.5, 0.6) is 0 Å². The van der Waals surface area contributed by atoms with Gasteiger partial charge in [-0.05, 0) is 5.56 Å². The van der Waals surface area contributed by atoms with Crippen LogP contribution in [0.4, 0.5) is 13.2 Å². The van der Waals surface area contributed by atoms with Gasteiger partial charge in [-0.25, -0.2) is 0 Å². The average Bonchev–Trinajstić information content (AvgIpc) is 3.09. The normalized spacial score (nSPS) is 17.7. The number of nitrogens with zero attached hydrogens (tertiary/aromatic N) is 4. The smallest absolute Gasteiger partial charge is 0.335 e. The molecule has 1 saturated heterocycles. The van der Waals surface area contributed by atoms with Crippen LogP contribution in [0.25, 0.3) is 0 Å². The van der Waals surface area contributed by atoms with Gasteiger partial charge in [0.1, 0.15) is 6.04 Å². The standard InChI is InChI=1S/C15H16F3N5O/c16-15(17,18)13(11-4-2-1-3-5-11)22-6-8-23(9-7-22)14(24)12-10-19-21-20-12/h1-5,10,13H,6-9H2,(H,19,20,21). The number of hydrogen-bond donors (Lipinski definition) is 1. The summed E-state index contributed by atoms with van der Waals surface area (Å²) in [7, 11) is 0. The van der Waals surface area contributed by atoms with Crippen LogP contribution in [-0.2, 0) is 0 Å².